The van der Waals surface area contributed by atoms with Crippen molar-refractivity contribution in [1.82, 2.24) is 5.32 Å². The van der Waals surface area contributed by atoms with E-state index in [0.29, 0.717) is 5.56 Å². The van der Waals surface area contributed by atoms with Crippen LogP contribution in [-0.4, -0.2) is 11.0 Å². The van der Waals surface area contributed by atoms with Crippen LogP contribution in [0.1, 0.15) is 33.0 Å². The van der Waals surface area contributed by atoms with Gasteiger partial charge < -0.3 is 5.32 Å². The number of carbonyl (C=O) groups is 1. The van der Waals surface area contributed by atoms with Gasteiger partial charge in [-0.3, -0.25) is 10.1 Å². The Hall–Kier alpha value is -3.05. The van der Waals surface area contributed by atoms with Crippen molar-refractivity contribution in [2.75, 3.05) is 5.32 Å². The number of halogens is 4. The van der Waals surface area contributed by atoms with E-state index < -0.39 is 29.0 Å². The molecular weight excluding hydrogens is 475 g/mol. The molecule has 0 aliphatic carbocycles. The highest BCUT2D eigenvalue weighted by Gasteiger charge is 2.21. The van der Waals surface area contributed by atoms with Gasteiger partial charge in [-0.15, -0.1) is 0 Å². The van der Waals surface area contributed by atoms with E-state index in [9.17, 15) is 18.8 Å². The molecule has 9 heteroatoms. The number of thiocarbonyl (C=S) groups is 1. The molecule has 0 heterocycles. The van der Waals surface area contributed by atoms with Crippen LogP contribution in [0.15, 0.2) is 54.6 Å². The smallest absolute Gasteiger partial charge is 0.263 e. The molecule has 0 bridgehead atoms. The summed E-state index contributed by atoms with van der Waals surface area (Å²) < 4.78 is 27.6. The number of benzene rings is 3. The number of carbonyl (C=O) groups excluding carboxylic acids is 1. The normalized spacial score (nSPS) is 11.4. The molecule has 0 spiro atoms. The lowest BCUT2D eigenvalue weighted by Crippen LogP contribution is -2.35. The van der Waals surface area contributed by atoms with Crippen LogP contribution in [0, 0.1) is 29.9 Å². The van der Waals surface area contributed by atoms with Crippen molar-refractivity contribution in [1.29, 1.82) is 5.26 Å². The van der Waals surface area contributed by atoms with E-state index in [1.165, 1.54) is 12.1 Å². The number of anilines is 1. The van der Waals surface area contributed by atoms with Crippen LogP contribution in [-0.2, 0) is 0 Å². The van der Waals surface area contributed by atoms with Crippen molar-refractivity contribution in [2.45, 2.75) is 12.8 Å². The third kappa shape index (κ3) is 5.22. The van der Waals surface area contributed by atoms with Crippen molar-refractivity contribution in [2.24, 2.45) is 0 Å². The molecular formula is C23H15Cl2F2N3OS. The molecule has 2 N–H and O–H groups in total. The molecule has 0 radical (unpaired) electrons. The topological polar surface area (TPSA) is 64.9 Å². The zero-order valence-corrected chi connectivity index (χ0v) is 18.9. The minimum Gasteiger partial charge on any atom is -0.331 e. The molecule has 1 atom stereocenters. The van der Waals surface area contributed by atoms with Gasteiger partial charge in [-0.05, 0) is 54.5 Å². The van der Waals surface area contributed by atoms with Crippen molar-refractivity contribution in [3.63, 3.8) is 0 Å². The molecule has 32 heavy (non-hydrogen) atoms. The Morgan fingerprint density at radius 3 is 2.28 bits per heavy atom. The third-order valence-electron chi connectivity index (χ3n) is 4.60. The molecule has 3 rings (SSSR count). The molecule has 1 unspecified atom stereocenters. The van der Waals surface area contributed by atoms with Crippen LogP contribution in [0.5, 0.6) is 0 Å². The molecule has 162 valence electrons. The predicted molar refractivity (Wildman–Crippen MR) is 125 cm³/mol. The highest BCUT2D eigenvalue weighted by atomic mass is 35.5. The number of amides is 1. The summed E-state index contributed by atoms with van der Waals surface area (Å²) in [6.45, 7) is 1.94. The fourth-order valence-electron chi connectivity index (χ4n) is 3.00. The molecule has 0 aromatic heterocycles. The first-order valence-corrected chi connectivity index (χ1v) is 10.4. The first-order chi connectivity index (χ1) is 15.2. The lowest BCUT2D eigenvalue weighted by Gasteiger charge is -2.16. The molecule has 0 aliphatic heterocycles. The van der Waals surface area contributed by atoms with Gasteiger partial charge in [0, 0.05) is 5.02 Å². The molecule has 4 nitrogen and oxygen atoms in total. The molecule has 0 aliphatic rings. The quantitative estimate of drug-likeness (QED) is 0.418. The summed E-state index contributed by atoms with van der Waals surface area (Å²) in [6.07, 6.45) is 0. The summed E-state index contributed by atoms with van der Waals surface area (Å²) in [4.78, 5) is 12.2. The fraction of sp³-hybridized carbons (Fsp3) is 0.0870. The van der Waals surface area contributed by atoms with Crippen LogP contribution in [0.3, 0.4) is 0 Å². The van der Waals surface area contributed by atoms with Gasteiger partial charge in [0.05, 0.1) is 22.7 Å². The van der Waals surface area contributed by atoms with Crippen LogP contribution in [0.2, 0.25) is 10.0 Å². The third-order valence-corrected chi connectivity index (χ3v) is 5.45. The number of aryl methyl sites for hydroxylation is 1. The first kappa shape index (κ1) is 23.6. The highest BCUT2D eigenvalue weighted by Crippen LogP contribution is 2.36. The summed E-state index contributed by atoms with van der Waals surface area (Å²) >= 11 is 17.8. The number of hydrogen-bond acceptors (Lipinski definition) is 3. The second kappa shape index (κ2) is 10.0. The number of rotatable bonds is 4. The number of nitrogens with zero attached hydrogens (tertiary/aromatic N) is 1. The van der Waals surface area contributed by atoms with Crippen molar-refractivity contribution >= 4 is 52.1 Å². The lowest BCUT2D eigenvalue weighted by atomic mass is 9.92. The van der Waals surface area contributed by atoms with Gasteiger partial charge >= 0.3 is 0 Å². The van der Waals surface area contributed by atoms with Gasteiger partial charge in [-0.25, -0.2) is 8.78 Å². The largest absolute Gasteiger partial charge is 0.331 e. The van der Waals surface area contributed by atoms with E-state index in [2.05, 4.69) is 16.7 Å². The Bertz CT molecular complexity index is 1220. The van der Waals surface area contributed by atoms with Crippen molar-refractivity contribution in [3.05, 3.63) is 98.5 Å². The average Bonchev–Trinajstić information content (AvgIpc) is 2.73. The number of nitriles is 1. The average molecular weight is 490 g/mol. The van der Waals surface area contributed by atoms with E-state index in [0.717, 1.165) is 29.3 Å². The van der Waals surface area contributed by atoms with Gasteiger partial charge in [-0.2, -0.15) is 5.26 Å². The summed E-state index contributed by atoms with van der Waals surface area (Å²) in [5.41, 5.74) is 1.80. The summed E-state index contributed by atoms with van der Waals surface area (Å²) in [6, 6.07) is 15.7. The molecule has 0 saturated heterocycles. The van der Waals surface area contributed by atoms with E-state index >= 15 is 0 Å². The Morgan fingerprint density at radius 1 is 1.06 bits per heavy atom. The summed E-state index contributed by atoms with van der Waals surface area (Å²) in [5, 5.41) is 14.8. The number of hydrogen-bond donors (Lipinski definition) is 2. The van der Waals surface area contributed by atoms with Crippen molar-refractivity contribution < 1.29 is 13.6 Å². The highest BCUT2D eigenvalue weighted by molar-refractivity contribution is 7.80. The standard InChI is InChI=1S/C23H15Cl2F2N3OS/c1-12-5-7-13(8-6-12)15(11-28)14-9-17(25)20(10-16(14)24)29-23(32)30-22(31)21-18(26)3-2-4-19(21)27/h2-10,15H,1H3,(H2,29,30,31,32). The minimum atomic E-state index is -1.05. The summed E-state index contributed by atoms with van der Waals surface area (Å²) in [7, 11) is 0. The zero-order chi connectivity index (χ0) is 23.4. The SMILES string of the molecule is Cc1ccc(C(C#N)c2cc(Cl)c(NC(=S)NC(=O)c3c(F)cccc3F)cc2Cl)cc1. The number of nitrogens with one attached hydrogen (secondary N) is 2. The monoisotopic (exact) mass is 489 g/mol. The van der Waals surface area contributed by atoms with Crippen LogP contribution < -0.4 is 10.6 Å². The Balaban J connectivity index is 1.80. The van der Waals surface area contributed by atoms with Gasteiger partial charge in [0.2, 0.25) is 0 Å². The van der Waals surface area contributed by atoms with E-state index in [1.54, 1.807) is 0 Å². The maximum Gasteiger partial charge on any atom is 0.263 e. The van der Waals surface area contributed by atoms with Gasteiger partial charge in [0.25, 0.3) is 5.91 Å². The molecule has 1 amide bonds. The predicted octanol–water partition coefficient (Wildman–Crippen LogP) is 6.36. The van der Waals surface area contributed by atoms with Crippen LogP contribution in [0.4, 0.5) is 14.5 Å². The molecule has 3 aromatic carbocycles. The first-order valence-electron chi connectivity index (χ1n) is 9.22. The van der Waals surface area contributed by atoms with Crippen LogP contribution >= 0.6 is 35.4 Å². The Kier molecular flexibility index (Phi) is 7.41. The Labute approximate surface area is 198 Å². The molecule has 3 aromatic rings. The van der Waals surface area contributed by atoms with E-state index in [-0.39, 0.29) is 20.8 Å². The maximum atomic E-state index is 13.8. The van der Waals surface area contributed by atoms with Gasteiger partial charge in [0.1, 0.15) is 17.2 Å². The van der Waals surface area contributed by atoms with E-state index in [4.69, 9.17) is 35.4 Å². The lowest BCUT2D eigenvalue weighted by molar-refractivity contribution is 0.0969. The molecule has 0 saturated carbocycles. The van der Waals surface area contributed by atoms with Crippen molar-refractivity contribution in [3.8, 4) is 6.07 Å². The second-order valence-corrected chi connectivity index (χ2v) is 8.05. The summed E-state index contributed by atoms with van der Waals surface area (Å²) in [5.74, 6) is -3.74. The second-order valence-electron chi connectivity index (χ2n) is 6.83. The minimum absolute atomic E-state index is 0.186. The molecule has 0 fully saturated rings. The van der Waals surface area contributed by atoms with E-state index in [1.807, 2.05) is 31.2 Å². The maximum absolute atomic E-state index is 13.8. The van der Waals surface area contributed by atoms with Gasteiger partial charge in [-0.1, -0.05) is 59.1 Å². The van der Waals surface area contributed by atoms with Crippen LogP contribution in [0.25, 0.3) is 0 Å². The Morgan fingerprint density at radius 2 is 1.69 bits per heavy atom. The zero-order valence-electron chi connectivity index (χ0n) is 16.5. The fourth-order valence-corrected chi connectivity index (χ4v) is 3.69. The van der Waals surface area contributed by atoms with Gasteiger partial charge in [0.15, 0.2) is 5.11 Å².